The number of rotatable bonds is 6. The Bertz CT molecular complexity index is 890. The summed E-state index contributed by atoms with van der Waals surface area (Å²) >= 11 is 3.40. The van der Waals surface area contributed by atoms with Crippen LogP contribution in [-0.2, 0) is 4.79 Å². The van der Waals surface area contributed by atoms with Gasteiger partial charge in [-0.25, -0.2) is 10.2 Å². The minimum Gasteiger partial charge on any atom is -0.497 e. The topological polar surface area (TPSA) is 77.0 Å². The van der Waals surface area contributed by atoms with Crippen molar-refractivity contribution in [1.82, 2.24) is 5.43 Å². The Morgan fingerprint density at radius 3 is 2.52 bits per heavy atom. The van der Waals surface area contributed by atoms with E-state index in [-0.39, 0.29) is 11.8 Å². The van der Waals surface area contributed by atoms with E-state index in [1.165, 1.54) is 12.6 Å². The molecule has 29 heavy (non-hydrogen) atoms. The Labute approximate surface area is 178 Å². The fourth-order valence-electron chi connectivity index (χ4n) is 3.22. The van der Waals surface area contributed by atoms with E-state index >= 15 is 0 Å². The number of esters is 1. The molecule has 1 aliphatic rings. The third-order valence-corrected chi connectivity index (χ3v) is 5.35. The van der Waals surface area contributed by atoms with E-state index in [4.69, 9.17) is 9.47 Å². The molecule has 2 aromatic carbocycles. The van der Waals surface area contributed by atoms with Crippen LogP contribution in [0.3, 0.4) is 0 Å². The second-order valence-corrected chi connectivity index (χ2v) is 7.79. The smallest absolute Gasteiger partial charge is 0.343 e. The van der Waals surface area contributed by atoms with Gasteiger partial charge in [-0.05, 0) is 55.3 Å². The van der Waals surface area contributed by atoms with Crippen LogP contribution in [0.2, 0.25) is 0 Å². The summed E-state index contributed by atoms with van der Waals surface area (Å²) in [4.78, 5) is 24.7. The van der Waals surface area contributed by atoms with Crippen LogP contribution in [0.1, 0.15) is 48.0 Å². The van der Waals surface area contributed by atoms with E-state index in [1.807, 2.05) is 0 Å². The van der Waals surface area contributed by atoms with Crippen LogP contribution < -0.4 is 14.9 Å². The van der Waals surface area contributed by atoms with Crippen LogP contribution in [0, 0.1) is 5.92 Å². The molecule has 1 saturated carbocycles. The third kappa shape index (κ3) is 5.90. The Kier molecular flexibility index (Phi) is 7.41. The van der Waals surface area contributed by atoms with Gasteiger partial charge in [0.1, 0.15) is 11.5 Å². The van der Waals surface area contributed by atoms with E-state index in [0.29, 0.717) is 22.6 Å². The highest BCUT2D eigenvalue weighted by Crippen LogP contribution is 2.25. The molecule has 6 nitrogen and oxygen atoms in total. The third-order valence-electron chi connectivity index (χ3n) is 4.85. The number of hydrogen-bond acceptors (Lipinski definition) is 5. The summed E-state index contributed by atoms with van der Waals surface area (Å²) < 4.78 is 11.4. The quantitative estimate of drug-likeness (QED) is 0.294. The molecule has 0 radical (unpaired) electrons. The zero-order valence-electron chi connectivity index (χ0n) is 16.2. The standard InChI is InChI=1S/C22H23BrN2O4/c1-28-19-10-7-16(8-11-19)22(27)29-20-12-9-18(23)13-17(20)14-24-25-21(26)15-5-3-2-4-6-15/h7-15H,2-6H2,1H3,(H,25,26)/b24-14+. The molecular formula is C22H23BrN2O4. The molecule has 2 aromatic rings. The number of methoxy groups -OCH3 is 1. The summed E-state index contributed by atoms with van der Waals surface area (Å²) in [6.07, 6.45) is 6.65. The minimum absolute atomic E-state index is 0.0239. The summed E-state index contributed by atoms with van der Waals surface area (Å²) in [6, 6.07) is 11.9. The number of nitrogens with one attached hydrogen (secondary N) is 1. The molecule has 7 heteroatoms. The van der Waals surface area contributed by atoms with Gasteiger partial charge >= 0.3 is 5.97 Å². The van der Waals surface area contributed by atoms with Crippen molar-refractivity contribution in [3.8, 4) is 11.5 Å². The molecule has 1 amide bonds. The number of amides is 1. The Balaban J connectivity index is 1.68. The fourth-order valence-corrected chi connectivity index (χ4v) is 3.60. The zero-order chi connectivity index (χ0) is 20.6. The van der Waals surface area contributed by atoms with E-state index in [0.717, 1.165) is 30.2 Å². The second kappa shape index (κ2) is 10.2. The van der Waals surface area contributed by atoms with Crippen LogP contribution in [0.4, 0.5) is 0 Å². The molecule has 0 spiro atoms. The molecule has 0 aliphatic heterocycles. The first-order valence-corrected chi connectivity index (χ1v) is 10.3. The number of carbonyl (C=O) groups is 2. The van der Waals surface area contributed by atoms with E-state index in [1.54, 1.807) is 49.6 Å². The summed E-state index contributed by atoms with van der Waals surface area (Å²) in [6.45, 7) is 0. The Morgan fingerprint density at radius 2 is 1.83 bits per heavy atom. The maximum atomic E-state index is 12.5. The highest BCUT2D eigenvalue weighted by Gasteiger charge is 2.20. The lowest BCUT2D eigenvalue weighted by molar-refractivity contribution is -0.125. The average molecular weight is 459 g/mol. The Morgan fingerprint density at radius 1 is 1.10 bits per heavy atom. The molecule has 0 saturated heterocycles. The number of hydrogen-bond donors (Lipinski definition) is 1. The predicted octanol–water partition coefficient (Wildman–Crippen LogP) is 4.71. The molecule has 1 fully saturated rings. The van der Waals surface area contributed by atoms with Gasteiger partial charge in [0.05, 0.1) is 18.9 Å². The summed E-state index contributed by atoms with van der Waals surface area (Å²) in [5.74, 6) is 0.482. The van der Waals surface area contributed by atoms with Gasteiger partial charge < -0.3 is 9.47 Å². The lowest BCUT2D eigenvalue weighted by Crippen LogP contribution is -2.28. The molecule has 3 rings (SSSR count). The molecule has 0 unspecified atom stereocenters. The van der Waals surface area contributed by atoms with Gasteiger partial charge in [-0.1, -0.05) is 35.2 Å². The molecule has 1 aliphatic carbocycles. The number of carbonyl (C=O) groups excluding carboxylic acids is 2. The first-order valence-electron chi connectivity index (χ1n) is 9.55. The van der Waals surface area contributed by atoms with Crippen LogP contribution in [-0.4, -0.2) is 25.2 Å². The monoisotopic (exact) mass is 458 g/mol. The molecule has 0 bridgehead atoms. The van der Waals surface area contributed by atoms with Crippen molar-refractivity contribution in [1.29, 1.82) is 0 Å². The molecule has 0 heterocycles. The van der Waals surface area contributed by atoms with Crippen molar-refractivity contribution >= 4 is 34.0 Å². The van der Waals surface area contributed by atoms with Gasteiger partial charge in [-0.2, -0.15) is 5.10 Å². The van der Waals surface area contributed by atoms with E-state index in [2.05, 4.69) is 26.5 Å². The van der Waals surface area contributed by atoms with Crippen molar-refractivity contribution < 1.29 is 19.1 Å². The largest absolute Gasteiger partial charge is 0.497 e. The molecule has 0 aromatic heterocycles. The number of benzene rings is 2. The number of hydrazone groups is 1. The van der Waals surface area contributed by atoms with Crippen LogP contribution >= 0.6 is 15.9 Å². The second-order valence-electron chi connectivity index (χ2n) is 6.87. The molecule has 0 atom stereocenters. The summed E-state index contributed by atoms with van der Waals surface area (Å²) in [5, 5.41) is 4.07. The van der Waals surface area contributed by atoms with Crippen molar-refractivity contribution in [2.45, 2.75) is 32.1 Å². The highest BCUT2D eigenvalue weighted by atomic mass is 79.9. The maximum absolute atomic E-state index is 12.5. The van der Waals surface area contributed by atoms with Gasteiger partial charge in [-0.15, -0.1) is 0 Å². The van der Waals surface area contributed by atoms with Gasteiger partial charge in [-0.3, -0.25) is 4.79 Å². The summed E-state index contributed by atoms with van der Waals surface area (Å²) in [7, 11) is 1.56. The van der Waals surface area contributed by atoms with Crippen molar-refractivity contribution in [2.75, 3.05) is 7.11 Å². The van der Waals surface area contributed by atoms with Gasteiger partial charge in [0, 0.05) is 16.0 Å². The predicted molar refractivity (Wildman–Crippen MR) is 114 cm³/mol. The van der Waals surface area contributed by atoms with E-state index in [9.17, 15) is 9.59 Å². The average Bonchev–Trinajstić information content (AvgIpc) is 2.76. The SMILES string of the molecule is COc1ccc(C(=O)Oc2ccc(Br)cc2/C=N/NC(=O)C2CCCCC2)cc1. The minimum atomic E-state index is -0.490. The molecule has 1 N–H and O–H groups in total. The molecular weight excluding hydrogens is 436 g/mol. The normalized spacial score (nSPS) is 14.6. The van der Waals surface area contributed by atoms with Crippen molar-refractivity contribution in [2.24, 2.45) is 11.0 Å². The number of ether oxygens (including phenoxy) is 2. The van der Waals surface area contributed by atoms with E-state index < -0.39 is 5.97 Å². The summed E-state index contributed by atoms with van der Waals surface area (Å²) in [5.41, 5.74) is 3.59. The fraction of sp³-hybridized carbons (Fsp3) is 0.318. The lowest BCUT2D eigenvalue weighted by Gasteiger charge is -2.19. The van der Waals surface area contributed by atoms with Gasteiger partial charge in [0.2, 0.25) is 5.91 Å². The van der Waals surface area contributed by atoms with Gasteiger partial charge in [0.15, 0.2) is 0 Å². The number of halogens is 1. The van der Waals surface area contributed by atoms with Crippen LogP contribution in [0.5, 0.6) is 11.5 Å². The maximum Gasteiger partial charge on any atom is 0.343 e. The first kappa shape index (κ1) is 21.0. The van der Waals surface area contributed by atoms with Gasteiger partial charge in [0.25, 0.3) is 0 Å². The van der Waals surface area contributed by atoms with Crippen molar-refractivity contribution in [3.63, 3.8) is 0 Å². The first-order chi connectivity index (χ1) is 14.1. The Hall–Kier alpha value is -2.67. The molecule has 152 valence electrons. The highest BCUT2D eigenvalue weighted by molar-refractivity contribution is 9.10. The lowest BCUT2D eigenvalue weighted by atomic mass is 9.89. The van der Waals surface area contributed by atoms with Crippen molar-refractivity contribution in [3.05, 3.63) is 58.1 Å². The van der Waals surface area contributed by atoms with Crippen LogP contribution in [0.25, 0.3) is 0 Å². The number of nitrogens with zero attached hydrogens (tertiary/aromatic N) is 1. The zero-order valence-corrected chi connectivity index (χ0v) is 17.8. The van der Waals surface area contributed by atoms with Crippen LogP contribution in [0.15, 0.2) is 52.0 Å².